The smallest absolute Gasteiger partial charge is 0.468 e. The Morgan fingerprint density at radius 1 is 1.24 bits per heavy atom. The lowest BCUT2D eigenvalue weighted by atomic mass is 10.2. The highest BCUT2D eigenvalue weighted by Gasteiger charge is 2.44. The average molecular weight is 766 g/mol. The molecule has 4 rings (SSSR count). The number of phosphoric ester groups is 1. The van der Waals surface area contributed by atoms with Crippen molar-refractivity contribution in [3.05, 3.63) is 41.4 Å². The van der Waals surface area contributed by atoms with Gasteiger partial charge in [0, 0.05) is 19.4 Å². The lowest BCUT2D eigenvalue weighted by Gasteiger charge is -2.26. The highest BCUT2D eigenvalue weighted by molar-refractivity contribution is 7.98. The van der Waals surface area contributed by atoms with E-state index >= 15 is 0 Å². The van der Waals surface area contributed by atoms with Crippen LogP contribution in [0.25, 0.3) is 11.2 Å². The van der Waals surface area contributed by atoms with Crippen molar-refractivity contribution in [1.29, 1.82) is 0 Å². The van der Waals surface area contributed by atoms with E-state index in [4.69, 9.17) is 40.2 Å². The molecule has 0 radical (unpaired) electrons. The number of hydrogen-bond acceptors (Lipinski definition) is 15. The Morgan fingerprint density at radius 3 is 2.61 bits per heavy atom. The maximum absolute atomic E-state index is 13.9. The lowest BCUT2D eigenvalue weighted by molar-refractivity contribution is -0.142. The van der Waals surface area contributed by atoms with Gasteiger partial charge in [-0.2, -0.15) is 31.1 Å². The number of carbonyl (C=O) groups is 1. The molecule has 2 aromatic heterocycles. The van der Waals surface area contributed by atoms with Gasteiger partial charge in [0.1, 0.15) is 29.9 Å². The number of anilines is 1. The van der Waals surface area contributed by atoms with Crippen LogP contribution in [-0.4, -0.2) is 104 Å². The molecule has 21 heteroatoms. The quantitative estimate of drug-likeness (QED) is 0.0774. The molecule has 3 aromatic rings. The molecule has 1 aromatic carbocycles. The summed E-state index contributed by atoms with van der Waals surface area (Å²) in [5, 5.41) is 13.3. The second-order valence-electron chi connectivity index (χ2n) is 10.9. The minimum Gasteiger partial charge on any atom is -0.468 e. The standard InChI is InChI=1S/C28H42ClN7O10P2S/c1-5-35(6-2)14-12-22-31-24-25(30)32-28(29)33-26(24)36(22)23-16-20(37)21(44-23)17-43-48(40,41)46-47(39,45-18-10-8-7-9-11-18)34-19(13-15-49-4)27(38)42-3/h7-11,19-21,23,37H,5-6,12-17H2,1-4H3,(H,34,39)(H,40,41)(H2,30,32,33)/t19-,20+,21+,23+,47?/m0/s1. The number of ether oxygens (including phenoxy) is 2. The maximum Gasteiger partial charge on any atom is 0.481 e. The van der Waals surface area contributed by atoms with Gasteiger partial charge in [-0.05, 0) is 55.3 Å². The summed E-state index contributed by atoms with van der Waals surface area (Å²) in [6.45, 7) is 5.76. The fourth-order valence-corrected chi connectivity index (χ4v) is 8.77. The number of thioether (sulfide) groups is 1. The molecule has 17 nitrogen and oxygen atoms in total. The van der Waals surface area contributed by atoms with E-state index in [-0.39, 0.29) is 29.7 Å². The molecule has 272 valence electrons. The fraction of sp³-hybridized carbons (Fsp3) is 0.571. The third-order valence-electron chi connectivity index (χ3n) is 7.64. The van der Waals surface area contributed by atoms with E-state index in [1.54, 1.807) is 22.8 Å². The summed E-state index contributed by atoms with van der Waals surface area (Å²) in [7, 11) is -8.83. The maximum atomic E-state index is 13.9. The van der Waals surface area contributed by atoms with Gasteiger partial charge in [0.15, 0.2) is 17.0 Å². The SMILES string of the molecule is CCN(CC)CCc1nc2c(N)nc(Cl)nc2n1[C@H]1C[C@@H](O)[C@@H](COP(=O)(O)OP(=O)(N[C@@H](CCSC)C(=O)OC)Oc2ccccc2)O1. The van der Waals surface area contributed by atoms with Crippen molar-refractivity contribution >= 4 is 61.9 Å². The number of para-hydroxylation sites is 1. The second kappa shape index (κ2) is 17.7. The van der Waals surface area contributed by atoms with Crippen LogP contribution in [-0.2, 0) is 38.7 Å². The van der Waals surface area contributed by atoms with Crippen LogP contribution >= 0.6 is 38.9 Å². The van der Waals surface area contributed by atoms with Crippen molar-refractivity contribution in [2.75, 3.05) is 51.1 Å². The van der Waals surface area contributed by atoms with Crippen molar-refractivity contribution in [2.24, 2.45) is 0 Å². The molecule has 0 bridgehead atoms. The number of nitrogen functional groups attached to an aromatic ring is 1. The number of nitrogens with one attached hydrogen (secondary N) is 1. The molecule has 0 saturated carbocycles. The number of halogens is 1. The number of phosphoric acid groups is 1. The Hall–Kier alpha value is -2.34. The molecule has 3 heterocycles. The number of esters is 1. The summed E-state index contributed by atoms with van der Waals surface area (Å²) in [4.78, 5) is 38.4. The van der Waals surface area contributed by atoms with E-state index in [1.807, 2.05) is 20.1 Å². The van der Waals surface area contributed by atoms with Crippen molar-refractivity contribution in [1.82, 2.24) is 29.5 Å². The summed E-state index contributed by atoms with van der Waals surface area (Å²) in [6.07, 6.45) is -0.678. The highest BCUT2D eigenvalue weighted by atomic mass is 35.5. The number of nitrogens with zero attached hydrogens (tertiary/aromatic N) is 5. The largest absolute Gasteiger partial charge is 0.481 e. The Labute approximate surface area is 293 Å². The first-order valence-electron chi connectivity index (χ1n) is 15.5. The fourth-order valence-electron chi connectivity index (χ4n) is 5.13. The summed E-state index contributed by atoms with van der Waals surface area (Å²) in [5.74, 6) is 0.337. The number of rotatable bonds is 19. The molecule has 1 aliphatic rings. The van der Waals surface area contributed by atoms with Crippen LogP contribution in [0.3, 0.4) is 0 Å². The third-order valence-corrected chi connectivity index (χ3v) is 11.7. The van der Waals surface area contributed by atoms with Gasteiger partial charge in [-0.25, -0.2) is 14.1 Å². The molecule has 49 heavy (non-hydrogen) atoms. The van der Waals surface area contributed by atoms with Crippen molar-refractivity contribution in [2.45, 2.75) is 57.6 Å². The number of likely N-dealkylation sites (N-methyl/N-ethyl adjacent to an activating group) is 1. The van der Waals surface area contributed by atoms with E-state index in [0.717, 1.165) is 20.2 Å². The van der Waals surface area contributed by atoms with E-state index in [1.165, 1.54) is 23.9 Å². The molecule has 6 atom stereocenters. The van der Waals surface area contributed by atoms with Gasteiger partial charge in [-0.1, -0.05) is 32.0 Å². The first-order chi connectivity index (χ1) is 23.3. The van der Waals surface area contributed by atoms with Gasteiger partial charge in [0.2, 0.25) is 5.28 Å². The molecular weight excluding hydrogens is 724 g/mol. The number of carbonyl (C=O) groups excluding carboxylic acids is 1. The van der Waals surface area contributed by atoms with Crippen LogP contribution < -0.4 is 15.3 Å². The molecule has 2 unspecified atom stereocenters. The van der Waals surface area contributed by atoms with E-state index in [9.17, 15) is 23.9 Å². The van der Waals surface area contributed by atoms with Crippen LogP contribution in [0.15, 0.2) is 30.3 Å². The normalized spacial score (nSPS) is 21.0. The third kappa shape index (κ3) is 10.6. The Morgan fingerprint density at radius 2 is 1.96 bits per heavy atom. The number of aliphatic hydroxyl groups is 1. The molecule has 5 N–H and O–H groups in total. The van der Waals surface area contributed by atoms with Gasteiger partial charge in [0.25, 0.3) is 0 Å². The minimum atomic E-state index is -5.20. The van der Waals surface area contributed by atoms with Gasteiger partial charge in [0.05, 0.1) is 19.8 Å². The van der Waals surface area contributed by atoms with E-state index in [2.05, 4.69) is 24.9 Å². The van der Waals surface area contributed by atoms with Crippen LogP contribution in [0.4, 0.5) is 5.82 Å². The predicted molar refractivity (Wildman–Crippen MR) is 184 cm³/mol. The van der Waals surface area contributed by atoms with Crippen LogP contribution in [0.5, 0.6) is 5.75 Å². The first-order valence-corrected chi connectivity index (χ1v) is 20.3. The Balaban J connectivity index is 1.52. The summed E-state index contributed by atoms with van der Waals surface area (Å²) >= 11 is 7.55. The first kappa shape index (κ1) is 39.4. The van der Waals surface area contributed by atoms with Gasteiger partial charge in [-0.3, -0.25) is 13.9 Å². The van der Waals surface area contributed by atoms with E-state index in [0.29, 0.717) is 35.7 Å². The predicted octanol–water partition coefficient (Wildman–Crippen LogP) is 3.80. The van der Waals surface area contributed by atoms with Crippen molar-refractivity contribution < 1.29 is 46.8 Å². The molecule has 1 fully saturated rings. The van der Waals surface area contributed by atoms with Gasteiger partial charge < -0.3 is 34.6 Å². The summed E-state index contributed by atoms with van der Waals surface area (Å²) < 4.78 is 55.5. The number of methoxy groups -OCH3 is 1. The number of imidazole rings is 1. The van der Waals surface area contributed by atoms with Crippen molar-refractivity contribution in [3.63, 3.8) is 0 Å². The zero-order valence-electron chi connectivity index (χ0n) is 27.5. The Kier molecular flexibility index (Phi) is 14.3. The lowest BCUT2D eigenvalue weighted by Crippen LogP contribution is -2.37. The number of nitrogens with two attached hydrogens (primary N) is 1. The molecule has 1 aliphatic heterocycles. The molecule has 0 aliphatic carbocycles. The van der Waals surface area contributed by atoms with Crippen LogP contribution in [0.1, 0.15) is 38.7 Å². The van der Waals surface area contributed by atoms with Crippen LogP contribution in [0, 0.1) is 0 Å². The Bertz CT molecular complexity index is 1650. The highest BCUT2D eigenvalue weighted by Crippen LogP contribution is 2.61. The number of aliphatic hydroxyl groups excluding tert-OH is 1. The zero-order valence-corrected chi connectivity index (χ0v) is 30.9. The molecule has 0 spiro atoms. The molecule has 1 saturated heterocycles. The van der Waals surface area contributed by atoms with E-state index < -0.39 is 52.6 Å². The zero-order chi connectivity index (χ0) is 35.8. The molecular formula is C28H42ClN7O10P2S. The number of aromatic nitrogens is 4. The summed E-state index contributed by atoms with van der Waals surface area (Å²) in [5.41, 5.74) is 6.72. The number of benzene rings is 1. The van der Waals surface area contributed by atoms with Gasteiger partial charge in [-0.15, -0.1) is 0 Å². The summed E-state index contributed by atoms with van der Waals surface area (Å²) in [6, 6.07) is 6.53. The monoisotopic (exact) mass is 765 g/mol. The molecule has 0 amide bonds. The van der Waals surface area contributed by atoms with Crippen LogP contribution in [0.2, 0.25) is 5.28 Å². The number of fused-ring (bicyclic) bond motifs is 1. The second-order valence-corrected chi connectivity index (χ2v) is 15.5. The number of hydrogen-bond donors (Lipinski definition) is 4. The minimum absolute atomic E-state index is 0.0260. The van der Waals surface area contributed by atoms with Gasteiger partial charge >= 0.3 is 21.5 Å². The average Bonchev–Trinajstić information content (AvgIpc) is 3.61. The topological polar surface area (TPSA) is 223 Å². The van der Waals surface area contributed by atoms with Crippen molar-refractivity contribution in [3.8, 4) is 5.75 Å².